The maximum Gasteiger partial charge on any atom is 0.416 e. The number of carbonyl (C=O) groups excluding carboxylic acids is 2. The van der Waals surface area contributed by atoms with Gasteiger partial charge in [-0.2, -0.15) is 28.5 Å². The van der Waals surface area contributed by atoms with E-state index in [1.807, 2.05) is 0 Å². The van der Waals surface area contributed by atoms with E-state index in [9.17, 15) is 22.8 Å². The molecule has 1 fully saturated rings. The number of anilines is 1. The number of rotatable bonds is 4. The number of aromatic nitrogens is 4. The van der Waals surface area contributed by atoms with E-state index in [1.54, 1.807) is 12.1 Å². The molecule has 11 heteroatoms. The highest BCUT2D eigenvalue weighted by Crippen LogP contribution is 2.31. The van der Waals surface area contributed by atoms with Gasteiger partial charge in [0.1, 0.15) is 5.69 Å². The average Bonchev–Trinajstić information content (AvgIpc) is 3.16. The summed E-state index contributed by atoms with van der Waals surface area (Å²) < 4.78 is 40.1. The van der Waals surface area contributed by atoms with Gasteiger partial charge in [-0.15, -0.1) is 0 Å². The Morgan fingerprint density at radius 2 is 1.87 bits per heavy atom. The molecule has 1 N–H and O–H groups in total. The van der Waals surface area contributed by atoms with Gasteiger partial charge >= 0.3 is 6.18 Å². The molecule has 154 valence electrons. The van der Waals surface area contributed by atoms with Crippen LogP contribution in [0.15, 0.2) is 55.0 Å². The Balaban J connectivity index is 1.42. The number of nitrogens with zero attached hydrogens (tertiary/aromatic N) is 5. The first kappa shape index (κ1) is 19.6. The van der Waals surface area contributed by atoms with Crippen molar-refractivity contribution in [2.75, 3.05) is 18.4 Å². The lowest BCUT2D eigenvalue weighted by Gasteiger charge is -2.39. The van der Waals surface area contributed by atoms with Gasteiger partial charge in [-0.25, -0.2) is 0 Å². The van der Waals surface area contributed by atoms with Gasteiger partial charge in [0.25, 0.3) is 11.8 Å². The standard InChI is InChI=1S/C19H15F3N6O2/c20-19(21,22)13-3-1-2-12(8-13)18(30)27-10-15(11-27)28-16(5-7-25-28)17(29)26-14-4-6-23-24-9-14/h1-9,15H,10-11H2,(H,23,26,29). The van der Waals surface area contributed by atoms with Crippen molar-refractivity contribution in [3.63, 3.8) is 0 Å². The van der Waals surface area contributed by atoms with E-state index < -0.39 is 23.6 Å². The molecule has 2 amide bonds. The molecule has 8 nitrogen and oxygen atoms in total. The Labute approximate surface area is 168 Å². The molecule has 0 spiro atoms. The minimum absolute atomic E-state index is 0.0353. The van der Waals surface area contributed by atoms with Crippen molar-refractivity contribution in [1.82, 2.24) is 24.9 Å². The Kier molecular flexibility index (Phi) is 4.94. The number of alkyl halides is 3. The van der Waals surface area contributed by atoms with Crippen LogP contribution in [0.3, 0.4) is 0 Å². The fourth-order valence-electron chi connectivity index (χ4n) is 3.13. The van der Waals surface area contributed by atoms with Crippen LogP contribution in [-0.2, 0) is 6.18 Å². The lowest BCUT2D eigenvalue weighted by molar-refractivity contribution is -0.137. The van der Waals surface area contributed by atoms with E-state index >= 15 is 0 Å². The third-order valence-corrected chi connectivity index (χ3v) is 4.68. The molecule has 0 radical (unpaired) electrons. The van der Waals surface area contributed by atoms with Crippen molar-refractivity contribution >= 4 is 17.5 Å². The first-order chi connectivity index (χ1) is 14.3. The highest BCUT2D eigenvalue weighted by atomic mass is 19.4. The number of benzene rings is 1. The highest BCUT2D eigenvalue weighted by molar-refractivity contribution is 6.03. The second-order valence-electron chi connectivity index (χ2n) is 6.69. The fraction of sp³-hybridized carbons (Fsp3) is 0.211. The largest absolute Gasteiger partial charge is 0.416 e. The highest BCUT2D eigenvalue weighted by Gasteiger charge is 2.36. The average molecular weight is 416 g/mol. The summed E-state index contributed by atoms with van der Waals surface area (Å²) in [5.74, 6) is -0.901. The molecular weight excluding hydrogens is 401 g/mol. The van der Waals surface area contributed by atoms with Gasteiger partial charge in [-0.1, -0.05) is 6.07 Å². The zero-order chi connectivity index (χ0) is 21.3. The number of amides is 2. The van der Waals surface area contributed by atoms with Crippen LogP contribution in [0, 0.1) is 0 Å². The topological polar surface area (TPSA) is 93.0 Å². The monoisotopic (exact) mass is 416 g/mol. The van der Waals surface area contributed by atoms with Crippen molar-refractivity contribution in [3.05, 3.63) is 71.8 Å². The van der Waals surface area contributed by atoms with Crippen LogP contribution >= 0.6 is 0 Å². The quantitative estimate of drug-likeness (QED) is 0.706. The minimum atomic E-state index is -4.52. The summed E-state index contributed by atoms with van der Waals surface area (Å²) in [5.41, 5.74) is -0.144. The molecule has 0 atom stereocenters. The van der Waals surface area contributed by atoms with Crippen LogP contribution in [0.4, 0.5) is 18.9 Å². The summed E-state index contributed by atoms with van der Waals surface area (Å²) in [5, 5.41) is 14.1. The lowest BCUT2D eigenvalue weighted by Crippen LogP contribution is -2.51. The zero-order valence-electron chi connectivity index (χ0n) is 15.4. The number of hydrogen-bond acceptors (Lipinski definition) is 5. The summed E-state index contributed by atoms with van der Waals surface area (Å²) in [7, 11) is 0. The number of halogens is 3. The number of carbonyl (C=O) groups is 2. The maximum absolute atomic E-state index is 12.9. The summed E-state index contributed by atoms with van der Waals surface area (Å²) in [6.07, 6.45) is -0.208. The third-order valence-electron chi connectivity index (χ3n) is 4.68. The summed E-state index contributed by atoms with van der Waals surface area (Å²) in [4.78, 5) is 26.4. The molecule has 4 rings (SSSR count). The first-order valence-corrected chi connectivity index (χ1v) is 8.91. The zero-order valence-corrected chi connectivity index (χ0v) is 15.4. The fourth-order valence-corrected chi connectivity index (χ4v) is 3.13. The molecule has 1 saturated heterocycles. The van der Waals surface area contributed by atoms with Crippen molar-refractivity contribution < 1.29 is 22.8 Å². The molecule has 0 aliphatic carbocycles. The van der Waals surface area contributed by atoms with Crippen molar-refractivity contribution in [1.29, 1.82) is 0 Å². The van der Waals surface area contributed by atoms with Crippen LogP contribution in [-0.4, -0.2) is 49.8 Å². The van der Waals surface area contributed by atoms with Crippen LogP contribution in [0.25, 0.3) is 0 Å². The predicted molar refractivity (Wildman–Crippen MR) is 98.6 cm³/mol. The van der Waals surface area contributed by atoms with Gasteiger partial charge in [0.2, 0.25) is 0 Å². The molecule has 1 aliphatic heterocycles. The Hall–Kier alpha value is -3.76. The first-order valence-electron chi connectivity index (χ1n) is 8.91. The van der Waals surface area contributed by atoms with Gasteiger partial charge < -0.3 is 10.2 Å². The van der Waals surface area contributed by atoms with Crippen molar-refractivity contribution in [2.45, 2.75) is 12.2 Å². The SMILES string of the molecule is O=C(Nc1ccnnc1)c1ccnn1C1CN(C(=O)c2cccc(C(F)(F)F)c2)C1. The molecule has 2 aromatic heterocycles. The maximum atomic E-state index is 12.9. The van der Waals surface area contributed by atoms with E-state index in [0.29, 0.717) is 11.4 Å². The number of hydrogen-bond donors (Lipinski definition) is 1. The second kappa shape index (κ2) is 7.58. The molecule has 3 heterocycles. The van der Waals surface area contributed by atoms with Crippen LogP contribution in [0.5, 0.6) is 0 Å². The van der Waals surface area contributed by atoms with Gasteiger partial charge in [-0.05, 0) is 30.3 Å². The molecule has 0 saturated carbocycles. The summed E-state index contributed by atoms with van der Waals surface area (Å²) >= 11 is 0. The lowest BCUT2D eigenvalue weighted by atomic mass is 10.0. The van der Waals surface area contributed by atoms with E-state index in [-0.39, 0.29) is 24.7 Å². The van der Waals surface area contributed by atoms with Gasteiger partial charge in [0, 0.05) is 24.8 Å². The Morgan fingerprint density at radius 3 is 2.57 bits per heavy atom. The third kappa shape index (κ3) is 3.86. The summed E-state index contributed by atoms with van der Waals surface area (Å²) in [6, 6.07) is 7.18. The number of likely N-dealkylation sites (tertiary alicyclic amines) is 1. The van der Waals surface area contributed by atoms with E-state index in [4.69, 9.17) is 0 Å². The Bertz CT molecular complexity index is 1080. The Morgan fingerprint density at radius 1 is 1.07 bits per heavy atom. The summed E-state index contributed by atoms with van der Waals surface area (Å²) in [6.45, 7) is 0.460. The molecule has 0 bridgehead atoms. The normalized spacial score (nSPS) is 14.3. The predicted octanol–water partition coefficient (Wildman–Crippen LogP) is 2.64. The molecule has 1 aliphatic rings. The minimum Gasteiger partial charge on any atom is -0.334 e. The van der Waals surface area contributed by atoms with E-state index in [2.05, 4.69) is 20.6 Å². The van der Waals surface area contributed by atoms with Crippen molar-refractivity contribution in [3.8, 4) is 0 Å². The molecular formula is C19H15F3N6O2. The second-order valence-corrected chi connectivity index (χ2v) is 6.69. The van der Waals surface area contributed by atoms with Gasteiger partial charge in [0.05, 0.1) is 29.7 Å². The van der Waals surface area contributed by atoms with Crippen LogP contribution in [0.1, 0.15) is 32.5 Å². The van der Waals surface area contributed by atoms with Gasteiger partial charge in [0.15, 0.2) is 0 Å². The van der Waals surface area contributed by atoms with Gasteiger partial charge in [-0.3, -0.25) is 14.3 Å². The molecule has 1 aromatic carbocycles. The smallest absolute Gasteiger partial charge is 0.334 e. The van der Waals surface area contributed by atoms with E-state index in [0.717, 1.165) is 12.1 Å². The number of nitrogens with one attached hydrogen (secondary N) is 1. The van der Waals surface area contributed by atoms with Crippen LogP contribution < -0.4 is 5.32 Å². The van der Waals surface area contributed by atoms with E-state index in [1.165, 1.54) is 40.3 Å². The molecule has 30 heavy (non-hydrogen) atoms. The van der Waals surface area contributed by atoms with Crippen LogP contribution in [0.2, 0.25) is 0 Å². The molecule has 3 aromatic rings. The molecule has 0 unspecified atom stereocenters. The van der Waals surface area contributed by atoms with Crippen molar-refractivity contribution in [2.24, 2.45) is 0 Å².